The third kappa shape index (κ3) is 2.15. The molecule has 0 bridgehead atoms. The molecule has 0 radical (unpaired) electrons. The summed E-state index contributed by atoms with van der Waals surface area (Å²) in [5, 5.41) is 3.11. The Hall–Kier alpha value is -0.830. The van der Waals surface area contributed by atoms with Gasteiger partial charge in [-0.3, -0.25) is 0 Å². The van der Waals surface area contributed by atoms with Crippen LogP contribution in [0.4, 0.5) is 0 Å². The molecule has 14 heavy (non-hydrogen) atoms. The van der Waals surface area contributed by atoms with Crippen LogP contribution in [-0.2, 0) is 6.42 Å². The highest BCUT2D eigenvalue weighted by Gasteiger charge is 2.21. The highest BCUT2D eigenvalue weighted by molar-refractivity contribution is 5.02. The van der Waals surface area contributed by atoms with Crippen molar-refractivity contribution < 1.29 is 4.42 Å². The van der Waals surface area contributed by atoms with Crippen LogP contribution < -0.4 is 5.32 Å². The van der Waals surface area contributed by atoms with Gasteiger partial charge in [0.2, 0.25) is 0 Å². The molecule has 1 aromatic rings. The van der Waals surface area contributed by atoms with Gasteiger partial charge in [0.05, 0.1) is 5.69 Å². The van der Waals surface area contributed by atoms with Crippen molar-refractivity contribution in [1.82, 2.24) is 10.3 Å². The number of aromatic nitrogens is 1. The molecule has 0 saturated heterocycles. The topological polar surface area (TPSA) is 38.1 Å². The van der Waals surface area contributed by atoms with Crippen LogP contribution in [0.25, 0.3) is 0 Å². The Morgan fingerprint density at radius 2 is 2.29 bits per heavy atom. The first-order chi connectivity index (χ1) is 6.90. The molecule has 1 aliphatic carbocycles. The summed E-state index contributed by atoms with van der Waals surface area (Å²) in [5.74, 6) is 1.56. The zero-order valence-electron chi connectivity index (χ0n) is 8.75. The summed E-state index contributed by atoms with van der Waals surface area (Å²) >= 11 is 0. The number of nitrogens with one attached hydrogen (secondary N) is 1. The highest BCUT2D eigenvalue weighted by Crippen LogP contribution is 2.33. The summed E-state index contributed by atoms with van der Waals surface area (Å²) in [7, 11) is 1.96. The fourth-order valence-corrected chi connectivity index (χ4v) is 2.05. The van der Waals surface area contributed by atoms with E-state index in [0.717, 1.165) is 24.6 Å². The summed E-state index contributed by atoms with van der Waals surface area (Å²) in [5.41, 5.74) is 1.08. The molecule has 3 nitrogen and oxygen atoms in total. The van der Waals surface area contributed by atoms with Gasteiger partial charge in [0, 0.05) is 18.9 Å². The standard InChI is InChI=1S/C11H18N2O/c1-12-7-6-10-8-14-11(13-10)9-4-2-3-5-9/h8-9,12H,2-7H2,1H3. The van der Waals surface area contributed by atoms with E-state index in [1.54, 1.807) is 0 Å². The summed E-state index contributed by atoms with van der Waals surface area (Å²) in [6.45, 7) is 0.969. The van der Waals surface area contributed by atoms with E-state index in [-0.39, 0.29) is 0 Å². The van der Waals surface area contributed by atoms with Crippen LogP contribution in [0.3, 0.4) is 0 Å². The van der Waals surface area contributed by atoms with Crippen molar-refractivity contribution in [3.63, 3.8) is 0 Å². The predicted molar refractivity (Wildman–Crippen MR) is 55.3 cm³/mol. The van der Waals surface area contributed by atoms with Crippen LogP contribution in [0.1, 0.15) is 43.2 Å². The van der Waals surface area contributed by atoms with Gasteiger partial charge < -0.3 is 9.73 Å². The second kappa shape index (κ2) is 4.60. The summed E-state index contributed by atoms with van der Waals surface area (Å²) in [4.78, 5) is 4.52. The number of oxazole rings is 1. The Morgan fingerprint density at radius 1 is 1.50 bits per heavy atom. The minimum absolute atomic E-state index is 0.596. The molecule has 1 saturated carbocycles. The van der Waals surface area contributed by atoms with Gasteiger partial charge in [-0.25, -0.2) is 4.98 Å². The summed E-state index contributed by atoms with van der Waals surface area (Å²) in [6.07, 6.45) is 7.95. The first-order valence-corrected chi connectivity index (χ1v) is 5.49. The lowest BCUT2D eigenvalue weighted by Gasteiger charge is -2.00. The fraction of sp³-hybridized carbons (Fsp3) is 0.727. The van der Waals surface area contributed by atoms with Crippen molar-refractivity contribution in [3.8, 4) is 0 Å². The van der Waals surface area contributed by atoms with E-state index in [4.69, 9.17) is 4.42 Å². The second-order valence-corrected chi connectivity index (χ2v) is 4.01. The predicted octanol–water partition coefficient (Wildman–Crippen LogP) is 2.09. The number of nitrogens with zero attached hydrogens (tertiary/aromatic N) is 1. The Bertz CT molecular complexity index is 277. The smallest absolute Gasteiger partial charge is 0.197 e. The SMILES string of the molecule is CNCCc1coc(C2CCCC2)n1. The third-order valence-electron chi connectivity index (χ3n) is 2.91. The number of likely N-dealkylation sites (N-methyl/N-ethyl adjacent to an activating group) is 1. The van der Waals surface area contributed by atoms with E-state index in [9.17, 15) is 0 Å². The Morgan fingerprint density at radius 3 is 3.00 bits per heavy atom. The third-order valence-corrected chi connectivity index (χ3v) is 2.91. The van der Waals surface area contributed by atoms with Gasteiger partial charge in [0.25, 0.3) is 0 Å². The van der Waals surface area contributed by atoms with Gasteiger partial charge in [-0.15, -0.1) is 0 Å². The fourth-order valence-electron chi connectivity index (χ4n) is 2.05. The second-order valence-electron chi connectivity index (χ2n) is 4.01. The maximum absolute atomic E-state index is 5.51. The first-order valence-electron chi connectivity index (χ1n) is 5.49. The molecule has 0 spiro atoms. The Kier molecular flexibility index (Phi) is 3.19. The van der Waals surface area contributed by atoms with E-state index in [0.29, 0.717) is 5.92 Å². The van der Waals surface area contributed by atoms with Crippen molar-refractivity contribution in [1.29, 1.82) is 0 Å². The molecule has 3 heteroatoms. The van der Waals surface area contributed by atoms with Gasteiger partial charge in [0.1, 0.15) is 6.26 Å². The molecule has 2 rings (SSSR count). The maximum Gasteiger partial charge on any atom is 0.197 e. The van der Waals surface area contributed by atoms with Crippen molar-refractivity contribution in [2.24, 2.45) is 0 Å². The van der Waals surface area contributed by atoms with Crippen LogP contribution >= 0.6 is 0 Å². The average molecular weight is 194 g/mol. The highest BCUT2D eigenvalue weighted by atomic mass is 16.3. The van der Waals surface area contributed by atoms with Gasteiger partial charge in [-0.1, -0.05) is 12.8 Å². The molecule has 1 heterocycles. The molecule has 1 fully saturated rings. The molecular weight excluding hydrogens is 176 g/mol. The normalized spacial score (nSPS) is 17.8. The van der Waals surface area contributed by atoms with E-state index in [2.05, 4.69) is 10.3 Å². The first kappa shape index (κ1) is 9.71. The molecule has 1 N–H and O–H groups in total. The number of rotatable bonds is 4. The van der Waals surface area contributed by atoms with Crippen molar-refractivity contribution in [2.45, 2.75) is 38.0 Å². The van der Waals surface area contributed by atoms with E-state index in [1.807, 2.05) is 13.3 Å². The average Bonchev–Trinajstić information content (AvgIpc) is 2.85. The van der Waals surface area contributed by atoms with Crippen LogP contribution in [0.5, 0.6) is 0 Å². The van der Waals surface area contributed by atoms with Crippen molar-refractivity contribution in [3.05, 3.63) is 17.8 Å². The lowest BCUT2D eigenvalue weighted by molar-refractivity contribution is 0.448. The van der Waals surface area contributed by atoms with E-state index in [1.165, 1.54) is 25.7 Å². The maximum atomic E-state index is 5.51. The molecule has 0 aliphatic heterocycles. The largest absolute Gasteiger partial charge is 0.448 e. The van der Waals surface area contributed by atoms with Crippen molar-refractivity contribution in [2.75, 3.05) is 13.6 Å². The minimum atomic E-state index is 0.596. The Balaban J connectivity index is 1.94. The van der Waals surface area contributed by atoms with Gasteiger partial charge in [-0.2, -0.15) is 0 Å². The quantitative estimate of drug-likeness (QED) is 0.797. The zero-order valence-corrected chi connectivity index (χ0v) is 8.75. The molecule has 78 valence electrons. The van der Waals surface area contributed by atoms with Crippen LogP contribution in [-0.4, -0.2) is 18.6 Å². The Labute approximate surface area is 84.9 Å². The van der Waals surface area contributed by atoms with Crippen molar-refractivity contribution >= 4 is 0 Å². The molecule has 0 unspecified atom stereocenters. The van der Waals surface area contributed by atoms with Gasteiger partial charge >= 0.3 is 0 Å². The molecule has 0 aromatic carbocycles. The van der Waals surface area contributed by atoms with Crippen LogP contribution in [0, 0.1) is 0 Å². The zero-order chi connectivity index (χ0) is 9.80. The number of hydrogen-bond donors (Lipinski definition) is 1. The summed E-state index contributed by atoms with van der Waals surface area (Å²) in [6, 6.07) is 0. The molecular formula is C11H18N2O. The lowest BCUT2D eigenvalue weighted by Crippen LogP contribution is -2.10. The van der Waals surface area contributed by atoms with E-state index >= 15 is 0 Å². The molecule has 0 amide bonds. The van der Waals surface area contributed by atoms with Gasteiger partial charge in [0.15, 0.2) is 5.89 Å². The lowest BCUT2D eigenvalue weighted by atomic mass is 10.1. The summed E-state index contributed by atoms with van der Waals surface area (Å²) < 4.78 is 5.51. The molecule has 0 atom stereocenters. The van der Waals surface area contributed by atoms with E-state index < -0.39 is 0 Å². The monoisotopic (exact) mass is 194 g/mol. The van der Waals surface area contributed by atoms with Crippen LogP contribution in [0.2, 0.25) is 0 Å². The van der Waals surface area contributed by atoms with Crippen LogP contribution in [0.15, 0.2) is 10.7 Å². The van der Waals surface area contributed by atoms with Gasteiger partial charge in [-0.05, 0) is 19.9 Å². The molecule has 1 aromatic heterocycles. The number of hydrogen-bond acceptors (Lipinski definition) is 3. The molecule has 1 aliphatic rings. The minimum Gasteiger partial charge on any atom is -0.448 e.